The molecule has 0 atom stereocenters. The molecule has 0 radical (unpaired) electrons. The fraction of sp³-hybridized carbons (Fsp3) is 0.364. The summed E-state index contributed by atoms with van der Waals surface area (Å²) in [5.41, 5.74) is 0.534. The van der Waals surface area contributed by atoms with Gasteiger partial charge in [0.25, 0.3) is 5.91 Å². The minimum Gasteiger partial charge on any atom is -0.352 e. The summed E-state index contributed by atoms with van der Waals surface area (Å²) in [7, 11) is 0. The number of hydrogen-bond donors (Lipinski definition) is 1. The van der Waals surface area contributed by atoms with Gasteiger partial charge in [0.15, 0.2) is 0 Å². The van der Waals surface area contributed by atoms with E-state index in [0.717, 1.165) is 11.0 Å². The molecule has 1 saturated carbocycles. The van der Waals surface area contributed by atoms with Gasteiger partial charge in [0, 0.05) is 11.0 Å². The molecular weight excluding hydrogens is 277 g/mol. The molecular formula is C11H11BrClNO. The zero-order chi connectivity index (χ0) is 10.8. The van der Waals surface area contributed by atoms with Gasteiger partial charge in [-0.1, -0.05) is 27.5 Å². The Kier molecular flexibility index (Phi) is 3.32. The molecule has 15 heavy (non-hydrogen) atoms. The van der Waals surface area contributed by atoms with Gasteiger partial charge in [-0.05, 0) is 37.0 Å². The van der Waals surface area contributed by atoms with Gasteiger partial charge in [-0.25, -0.2) is 0 Å². The van der Waals surface area contributed by atoms with Crippen molar-refractivity contribution in [3.8, 4) is 0 Å². The predicted molar refractivity (Wildman–Crippen MR) is 64.2 cm³/mol. The van der Waals surface area contributed by atoms with Crippen LogP contribution < -0.4 is 5.32 Å². The summed E-state index contributed by atoms with van der Waals surface area (Å²) in [5.74, 6) is 0.591. The average Bonchev–Trinajstić information content (AvgIpc) is 3.02. The van der Waals surface area contributed by atoms with Gasteiger partial charge in [0.05, 0.1) is 10.6 Å². The van der Waals surface area contributed by atoms with Crippen LogP contribution in [0.1, 0.15) is 23.2 Å². The van der Waals surface area contributed by atoms with Crippen molar-refractivity contribution in [2.24, 2.45) is 5.92 Å². The van der Waals surface area contributed by atoms with Crippen molar-refractivity contribution in [3.63, 3.8) is 0 Å². The Balaban J connectivity index is 2.05. The molecule has 0 heterocycles. The van der Waals surface area contributed by atoms with Crippen LogP contribution in [0.4, 0.5) is 0 Å². The summed E-state index contributed by atoms with van der Waals surface area (Å²) in [4.78, 5) is 11.7. The molecule has 1 aliphatic carbocycles. The van der Waals surface area contributed by atoms with Gasteiger partial charge in [0.1, 0.15) is 0 Å². The zero-order valence-corrected chi connectivity index (χ0v) is 10.4. The Labute approximate surface area is 102 Å². The SMILES string of the molecule is O=C(NCC1CC1)c1cc(Br)ccc1Cl. The van der Waals surface area contributed by atoms with Crippen LogP contribution in [-0.2, 0) is 0 Å². The van der Waals surface area contributed by atoms with Crippen molar-refractivity contribution >= 4 is 33.4 Å². The third-order valence-corrected chi connectivity index (χ3v) is 3.24. The second-order valence-electron chi connectivity index (χ2n) is 3.78. The van der Waals surface area contributed by atoms with Crippen molar-refractivity contribution < 1.29 is 4.79 Å². The summed E-state index contributed by atoms with van der Waals surface area (Å²) in [6, 6.07) is 5.28. The van der Waals surface area contributed by atoms with Gasteiger partial charge in [-0.3, -0.25) is 4.79 Å². The highest BCUT2D eigenvalue weighted by Crippen LogP contribution is 2.28. The van der Waals surface area contributed by atoms with Crippen LogP contribution in [-0.4, -0.2) is 12.5 Å². The number of carbonyl (C=O) groups is 1. The van der Waals surface area contributed by atoms with Crippen LogP contribution in [0.2, 0.25) is 5.02 Å². The fourth-order valence-corrected chi connectivity index (χ4v) is 1.89. The summed E-state index contributed by atoms with van der Waals surface area (Å²) in [5, 5.41) is 3.38. The highest BCUT2D eigenvalue weighted by atomic mass is 79.9. The molecule has 4 heteroatoms. The van der Waals surface area contributed by atoms with Gasteiger partial charge in [-0.15, -0.1) is 0 Å². The Morgan fingerprint density at radius 3 is 2.93 bits per heavy atom. The lowest BCUT2D eigenvalue weighted by Gasteiger charge is -2.06. The van der Waals surface area contributed by atoms with E-state index in [1.165, 1.54) is 12.8 Å². The summed E-state index contributed by atoms with van der Waals surface area (Å²) in [6.45, 7) is 0.766. The van der Waals surface area contributed by atoms with Crippen molar-refractivity contribution in [2.75, 3.05) is 6.54 Å². The van der Waals surface area contributed by atoms with E-state index in [9.17, 15) is 4.79 Å². The van der Waals surface area contributed by atoms with Crippen LogP contribution in [0.15, 0.2) is 22.7 Å². The Morgan fingerprint density at radius 1 is 1.53 bits per heavy atom. The van der Waals surface area contributed by atoms with E-state index in [1.54, 1.807) is 12.1 Å². The second kappa shape index (κ2) is 4.54. The Bertz CT molecular complexity index is 390. The number of carbonyl (C=O) groups excluding carboxylic acids is 1. The fourth-order valence-electron chi connectivity index (χ4n) is 1.33. The average molecular weight is 289 g/mol. The molecule has 80 valence electrons. The van der Waals surface area contributed by atoms with E-state index >= 15 is 0 Å². The van der Waals surface area contributed by atoms with E-state index in [1.807, 2.05) is 6.07 Å². The number of halogens is 2. The minimum atomic E-state index is -0.0896. The van der Waals surface area contributed by atoms with Gasteiger partial charge < -0.3 is 5.32 Å². The van der Waals surface area contributed by atoms with Gasteiger partial charge >= 0.3 is 0 Å². The molecule has 0 aliphatic heterocycles. The standard InChI is InChI=1S/C11H11BrClNO/c12-8-3-4-10(13)9(5-8)11(15)14-6-7-1-2-7/h3-5,7H,1-2,6H2,(H,14,15). The van der Waals surface area contributed by atoms with Crippen molar-refractivity contribution in [3.05, 3.63) is 33.3 Å². The molecule has 0 saturated heterocycles. The largest absolute Gasteiger partial charge is 0.352 e. The first-order valence-electron chi connectivity index (χ1n) is 4.90. The van der Waals surface area contributed by atoms with Crippen LogP contribution in [0.25, 0.3) is 0 Å². The molecule has 1 aromatic rings. The lowest BCUT2D eigenvalue weighted by molar-refractivity contribution is 0.0952. The van der Waals surface area contributed by atoms with Gasteiger partial charge in [-0.2, -0.15) is 0 Å². The third-order valence-electron chi connectivity index (χ3n) is 2.42. The molecule has 0 unspecified atom stereocenters. The lowest BCUT2D eigenvalue weighted by Crippen LogP contribution is -2.25. The highest BCUT2D eigenvalue weighted by Gasteiger charge is 2.22. The van der Waals surface area contributed by atoms with E-state index in [-0.39, 0.29) is 5.91 Å². The first kappa shape index (κ1) is 11.0. The smallest absolute Gasteiger partial charge is 0.252 e. The lowest BCUT2D eigenvalue weighted by atomic mass is 10.2. The van der Waals surface area contributed by atoms with Crippen LogP contribution in [0.5, 0.6) is 0 Å². The summed E-state index contributed by atoms with van der Waals surface area (Å²) in [6.07, 6.45) is 2.46. The normalized spacial score (nSPS) is 15.1. The number of amides is 1. The van der Waals surface area contributed by atoms with Crippen molar-refractivity contribution in [1.82, 2.24) is 5.32 Å². The van der Waals surface area contributed by atoms with E-state index in [2.05, 4.69) is 21.2 Å². The number of rotatable bonds is 3. The van der Waals surface area contributed by atoms with E-state index in [0.29, 0.717) is 16.5 Å². The maximum atomic E-state index is 11.7. The molecule has 2 rings (SSSR count). The molecule has 0 aromatic heterocycles. The summed E-state index contributed by atoms with van der Waals surface area (Å²) < 4.78 is 0.864. The topological polar surface area (TPSA) is 29.1 Å². The molecule has 1 aliphatic rings. The Hall–Kier alpha value is -0.540. The maximum absolute atomic E-state index is 11.7. The number of hydrogen-bond acceptors (Lipinski definition) is 1. The number of benzene rings is 1. The van der Waals surface area contributed by atoms with Gasteiger partial charge in [0.2, 0.25) is 0 Å². The zero-order valence-electron chi connectivity index (χ0n) is 8.09. The van der Waals surface area contributed by atoms with Crippen molar-refractivity contribution in [1.29, 1.82) is 0 Å². The molecule has 0 bridgehead atoms. The first-order valence-corrected chi connectivity index (χ1v) is 6.07. The quantitative estimate of drug-likeness (QED) is 0.909. The van der Waals surface area contributed by atoms with Crippen molar-refractivity contribution in [2.45, 2.75) is 12.8 Å². The first-order chi connectivity index (χ1) is 7.16. The second-order valence-corrected chi connectivity index (χ2v) is 5.10. The predicted octanol–water partition coefficient (Wildman–Crippen LogP) is 3.24. The Morgan fingerprint density at radius 2 is 2.27 bits per heavy atom. The van der Waals surface area contributed by atoms with Crippen LogP contribution in [0.3, 0.4) is 0 Å². The monoisotopic (exact) mass is 287 g/mol. The molecule has 1 N–H and O–H groups in total. The molecule has 0 spiro atoms. The van der Waals surface area contributed by atoms with E-state index < -0.39 is 0 Å². The molecule has 1 amide bonds. The molecule has 1 aromatic carbocycles. The van der Waals surface area contributed by atoms with Crippen LogP contribution in [0, 0.1) is 5.92 Å². The molecule has 1 fully saturated rings. The minimum absolute atomic E-state index is 0.0896. The highest BCUT2D eigenvalue weighted by molar-refractivity contribution is 9.10. The maximum Gasteiger partial charge on any atom is 0.252 e. The van der Waals surface area contributed by atoms with E-state index in [4.69, 9.17) is 11.6 Å². The molecule has 2 nitrogen and oxygen atoms in total. The van der Waals surface area contributed by atoms with Crippen LogP contribution >= 0.6 is 27.5 Å². The summed E-state index contributed by atoms with van der Waals surface area (Å²) >= 11 is 9.26. The third kappa shape index (κ3) is 2.95. The number of nitrogens with one attached hydrogen (secondary N) is 1.